The Kier molecular flexibility index (Phi) is 2.89. The summed E-state index contributed by atoms with van der Waals surface area (Å²) < 4.78 is 0. The molecule has 0 bridgehead atoms. The first-order chi connectivity index (χ1) is 8.84. The molecular formula is C17H17N. The van der Waals surface area contributed by atoms with E-state index >= 15 is 0 Å². The van der Waals surface area contributed by atoms with Crippen molar-refractivity contribution >= 4 is 5.69 Å². The zero-order chi connectivity index (χ0) is 12.4. The fraction of sp³-hybridized carbons (Fsp3) is 0.176. The lowest BCUT2D eigenvalue weighted by Crippen LogP contribution is -2.21. The molecule has 0 saturated heterocycles. The Labute approximate surface area is 108 Å². The largest absolute Gasteiger partial charge is 0.345 e. The number of fused-ring (bicyclic) bond motifs is 1. The van der Waals surface area contributed by atoms with Gasteiger partial charge in [-0.25, -0.2) is 0 Å². The summed E-state index contributed by atoms with van der Waals surface area (Å²) in [6.07, 6.45) is 15.7. The first-order valence-electron chi connectivity index (χ1n) is 6.38. The van der Waals surface area contributed by atoms with E-state index in [-0.39, 0.29) is 0 Å². The molecule has 1 heteroatoms. The summed E-state index contributed by atoms with van der Waals surface area (Å²) in [6, 6.07) is 10.5. The molecule has 1 aromatic carbocycles. The fourth-order valence-corrected chi connectivity index (χ4v) is 2.49. The van der Waals surface area contributed by atoms with Gasteiger partial charge in [-0.3, -0.25) is 0 Å². The summed E-state index contributed by atoms with van der Waals surface area (Å²) in [7, 11) is 2.12. The van der Waals surface area contributed by atoms with Crippen LogP contribution >= 0.6 is 0 Å². The maximum Gasteiger partial charge on any atom is 0.0407 e. The molecule has 0 N–H and O–H groups in total. The maximum absolute atomic E-state index is 2.34. The van der Waals surface area contributed by atoms with Crippen LogP contribution in [0.4, 0.5) is 5.69 Å². The van der Waals surface area contributed by atoms with Gasteiger partial charge in [0.2, 0.25) is 0 Å². The minimum atomic E-state index is 0.501. The van der Waals surface area contributed by atoms with Gasteiger partial charge in [-0.05, 0) is 18.2 Å². The molecule has 2 aliphatic rings. The van der Waals surface area contributed by atoms with Gasteiger partial charge in [0.15, 0.2) is 0 Å². The fourth-order valence-electron chi connectivity index (χ4n) is 2.49. The van der Waals surface area contributed by atoms with E-state index in [0.717, 1.165) is 0 Å². The predicted molar refractivity (Wildman–Crippen MR) is 77.3 cm³/mol. The van der Waals surface area contributed by atoms with Crippen LogP contribution in [-0.4, -0.2) is 7.05 Å². The molecule has 1 nitrogen and oxygen atoms in total. The van der Waals surface area contributed by atoms with Gasteiger partial charge in [-0.2, -0.15) is 0 Å². The van der Waals surface area contributed by atoms with Crippen molar-refractivity contribution in [3.63, 3.8) is 0 Å². The van der Waals surface area contributed by atoms with Gasteiger partial charge >= 0.3 is 0 Å². The zero-order valence-corrected chi connectivity index (χ0v) is 10.5. The van der Waals surface area contributed by atoms with Gasteiger partial charge in [-0.1, -0.05) is 54.7 Å². The number of nitrogens with zero attached hydrogens (tertiary/aromatic N) is 1. The standard InChI is InChI=1S/C17H17N/c1-18(16-9-3-2-4-10-16)17-12-11-14-7-5-6-8-15(14)13-17/h2-15H,1H3. The van der Waals surface area contributed by atoms with Crippen molar-refractivity contribution in [2.45, 2.75) is 0 Å². The summed E-state index contributed by atoms with van der Waals surface area (Å²) in [6.45, 7) is 0. The molecule has 0 radical (unpaired) electrons. The van der Waals surface area contributed by atoms with Crippen LogP contribution < -0.4 is 4.90 Å². The second-order valence-corrected chi connectivity index (χ2v) is 4.77. The number of likely N-dealkylation sites (N-methyl/N-ethyl adjacent to an activating group) is 1. The van der Waals surface area contributed by atoms with Crippen molar-refractivity contribution < 1.29 is 0 Å². The lowest BCUT2D eigenvalue weighted by molar-refractivity contribution is 0.651. The van der Waals surface area contributed by atoms with Crippen molar-refractivity contribution in [2.75, 3.05) is 11.9 Å². The summed E-state index contributed by atoms with van der Waals surface area (Å²) in [5, 5.41) is 0. The maximum atomic E-state index is 2.34. The zero-order valence-electron chi connectivity index (χ0n) is 10.5. The smallest absolute Gasteiger partial charge is 0.0407 e. The molecule has 90 valence electrons. The lowest BCUT2D eigenvalue weighted by Gasteiger charge is -2.28. The van der Waals surface area contributed by atoms with Gasteiger partial charge < -0.3 is 4.90 Å². The van der Waals surface area contributed by atoms with Crippen LogP contribution in [0.25, 0.3) is 0 Å². The summed E-state index contributed by atoms with van der Waals surface area (Å²) in [5.41, 5.74) is 2.49. The Balaban J connectivity index is 1.86. The van der Waals surface area contributed by atoms with Gasteiger partial charge in [0.25, 0.3) is 0 Å². The van der Waals surface area contributed by atoms with Crippen molar-refractivity contribution in [3.05, 3.63) is 78.6 Å². The van der Waals surface area contributed by atoms with Crippen LogP contribution in [0.3, 0.4) is 0 Å². The van der Waals surface area contributed by atoms with Crippen molar-refractivity contribution in [2.24, 2.45) is 11.8 Å². The number of hydrogen-bond donors (Lipinski definition) is 0. The first-order valence-corrected chi connectivity index (χ1v) is 6.38. The third-order valence-electron chi connectivity index (χ3n) is 3.61. The van der Waals surface area contributed by atoms with Crippen LogP contribution in [0.5, 0.6) is 0 Å². The average Bonchev–Trinajstić information content (AvgIpc) is 2.47. The molecule has 1 aromatic rings. The third kappa shape index (κ3) is 2.04. The highest BCUT2D eigenvalue weighted by Gasteiger charge is 2.19. The summed E-state index contributed by atoms with van der Waals surface area (Å²) in [5.74, 6) is 1.03. The van der Waals surface area contributed by atoms with Crippen LogP contribution in [0.2, 0.25) is 0 Å². The number of allylic oxidation sites excluding steroid dienone is 7. The second kappa shape index (κ2) is 4.69. The Hall–Kier alpha value is -2.02. The Morgan fingerprint density at radius 2 is 1.61 bits per heavy atom. The molecule has 3 rings (SSSR count). The molecule has 2 aliphatic carbocycles. The Bertz CT molecular complexity index is 534. The number of para-hydroxylation sites is 1. The van der Waals surface area contributed by atoms with Crippen LogP contribution in [0.1, 0.15) is 0 Å². The van der Waals surface area contributed by atoms with Crippen molar-refractivity contribution in [1.29, 1.82) is 0 Å². The van der Waals surface area contributed by atoms with E-state index in [4.69, 9.17) is 0 Å². The highest BCUT2D eigenvalue weighted by atomic mass is 15.1. The molecule has 0 spiro atoms. The molecule has 0 heterocycles. The molecule has 0 aliphatic heterocycles. The number of anilines is 1. The first kappa shape index (κ1) is 11.1. The molecule has 2 atom stereocenters. The molecule has 0 aromatic heterocycles. The quantitative estimate of drug-likeness (QED) is 0.750. The molecule has 0 amide bonds. The molecular weight excluding hydrogens is 218 g/mol. The summed E-state index contributed by atoms with van der Waals surface area (Å²) in [4.78, 5) is 2.24. The predicted octanol–water partition coefficient (Wildman–Crippen LogP) is 3.93. The second-order valence-electron chi connectivity index (χ2n) is 4.77. The van der Waals surface area contributed by atoms with Crippen molar-refractivity contribution in [1.82, 2.24) is 0 Å². The number of rotatable bonds is 2. The Morgan fingerprint density at radius 1 is 0.889 bits per heavy atom. The van der Waals surface area contributed by atoms with Crippen LogP contribution in [-0.2, 0) is 0 Å². The minimum Gasteiger partial charge on any atom is -0.345 e. The number of benzene rings is 1. The van der Waals surface area contributed by atoms with E-state index in [1.807, 2.05) is 6.07 Å². The SMILES string of the molecule is CN(C1=CC2C=CC=CC2C=C1)c1ccccc1. The van der Waals surface area contributed by atoms with E-state index in [1.165, 1.54) is 11.4 Å². The van der Waals surface area contributed by atoms with Crippen molar-refractivity contribution in [3.8, 4) is 0 Å². The number of hydrogen-bond acceptors (Lipinski definition) is 1. The van der Waals surface area contributed by atoms with Gasteiger partial charge in [0.1, 0.15) is 0 Å². The highest BCUT2D eigenvalue weighted by Crippen LogP contribution is 2.30. The normalized spacial score (nSPS) is 24.6. The lowest BCUT2D eigenvalue weighted by atomic mass is 9.84. The molecule has 0 fully saturated rings. The third-order valence-corrected chi connectivity index (χ3v) is 3.61. The molecule has 2 unspecified atom stereocenters. The van der Waals surface area contributed by atoms with Gasteiger partial charge in [0, 0.05) is 30.3 Å². The molecule has 0 saturated carbocycles. The Morgan fingerprint density at radius 3 is 2.39 bits per heavy atom. The summed E-state index contributed by atoms with van der Waals surface area (Å²) >= 11 is 0. The van der Waals surface area contributed by atoms with Gasteiger partial charge in [0.05, 0.1) is 0 Å². The van der Waals surface area contributed by atoms with Crippen LogP contribution in [0.15, 0.2) is 78.6 Å². The van der Waals surface area contributed by atoms with E-state index in [1.54, 1.807) is 0 Å². The highest BCUT2D eigenvalue weighted by molar-refractivity contribution is 5.54. The van der Waals surface area contributed by atoms with Crippen LogP contribution in [0, 0.1) is 11.8 Å². The molecule has 18 heavy (non-hydrogen) atoms. The average molecular weight is 235 g/mol. The van der Waals surface area contributed by atoms with E-state index in [0.29, 0.717) is 11.8 Å². The topological polar surface area (TPSA) is 3.24 Å². The van der Waals surface area contributed by atoms with Gasteiger partial charge in [-0.15, -0.1) is 0 Å². The van der Waals surface area contributed by atoms with E-state index in [2.05, 4.69) is 78.7 Å². The van der Waals surface area contributed by atoms with E-state index in [9.17, 15) is 0 Å². The van der Waals surface area contributed by atoms with E-state index < -0.39 is 0 Å². The minimum absolute atomic E-state index is 0.501. The monoisotopic (exact) mass is 235 g/mol.